The quantitative estimate of drug-likeness (QED) is 0.513. The minimum absolute atomic E-state index is 0.00126. The average Bonchev–Trinajstić information content (AvgIpc) is 2.53. The number of nitrogens with zero attached hydrogens (tertiary/aromatic N) is 5. The molecule has 1 aromatic carbocycles. The van der Waals surface area contributed by atoms with E-state index >= 15 is 0 Å². The second kappa shape index (κ2) is 7.40. The average molecular weight is 326 g/mol. The van der Waals surface area contributed by atoms with Gasteiger partial charge in [-0.05, 0) is 26.3 Å². The zero-order valence-corrected chi connectivity index (χ0v) is 13.9. The molecule has 0 amide bonds. The molecule has 2 rings (SSSR count). The Bertz CT molecular complexity index is 829. The van der Waals surface area contributed by atoms with Crippen LogP contribution < -0.4 is 5.32 Å². The molecule has 1 heterocycles. The van der Waals surface area contributed by atoms with Gasteiger partial charge in [0, 0.05) is 31.0 Å². The van der Waals surface area contributed by atoms with Crippen LogP contribution in [0.5, 0.6) is 0 Å². The highest BCUT2D eigenvalue weighted by atomic mass is 16.6. The van der Waals surface area contributed by atoms with E-state index in [9.17, 15) is 10.1 Å². The SMILES string of the molecule is C/C=C(\C=N/C)c1nc(C)nc(Nc2cc([N+](=O)[O-])ccc2C)n1. The normalized spacial score (nSPS) is 11.8. The molecule has 0 atom stereocenters. The van der Waals surface area contributed by atoms with Gasteiger partial charge in [0.2, 0.25) is 5.95 Å². The standard InChI is InChI=1S/C16H18N6O2/c1-5-12(9-17-4)15-18-11(3)19-16(21-15)20-14-8-13(22(23)24)7-6-10(14)2/h5-9H,1-4H3,(H,18,19,20,21)/b12-5+,17-9-. The third-order valence-electron chi connectivity index (χ3n) is 3.26. The van der Waals surface area contributed by atoms with Crippen molar-refractivity contribution in [2.75, 3.05) is 12.4 Å². The Morgan fingerprint density at radius 1 is 1.29 bits per heavy atom. The van der Waals surface area contributed by atoms with E-state index < -0.39 is 4.92 Å². The maximum absolute atomic E-state index is 10.9. The third kappa shape index (κ3) is 3.97. The number of rotatable bonds is 5. The molecule has 0 unspecified atom stereocenters. The number of aromatic nitrogens is 3. The van der Waals surface area contributed by atoms with Gasteiger partial charge in [0.05, 0.1) is 10.6 Å². The van der Waals surface area contributed by atoms with Crippen molar-refractivity contribution in [3.63, 3.8) is 0 Å². The number of hydrogen-bond donors (Lipinski definition) is 1. The van der Waals surface area contributed by atoms with Crippen molar-refractivity contribution in [3.8, 4) is 0 Å². The molecule has 0 radical (unpaired) electrons. The molecule has 1 aromatic heterocycles. The number of non-ortho nitro benzene ring substituents is 1. The summed E-state index contributed by atoms with van der Waals surface area (Å²) in [7, 11) is 1.67. The lowest BCUT2D eigenvalue weighted by Gasteiger charge is -2.10. The fourth-order valence-electron chi connectivity index (χ4n) is 2.05. The molecule has 0 saturated heterocycles. The van der Waals surface area contributed by atoms with Crippen LogP contribution in [-0.4, -0.2) is 33.1 Å². The van der Waals surface area contributed by atoms with Gasteiger partial charge in [-0.25, -0.2) is 4.98 Å². The van der Waals surface area contributed by atoms with Crippen molar-refractivity contribution in [2.45, 2.75) is 20.8 Å². The van der Waals surface area contributed by atoms with Crippen LogP contribution in [-0.2, 0) is 0 Å². The summed E-state index contributed by atoms with van der Waals surface area (Å²) in [6, 6.07) is 4.59. The van der Waals surface area contributed by atoms with Crippen LogP contribution in [0, 0.1) is 24.0 Å². The van der Waals surface area contributed by atoms with E-state index in [1.165, 1.54) is 12.1 Å². The van der Waals surface area contributed by atoms with E-state index in [2.05, 4.69) is 25.3 Å². The Labute approximate surface area is 139 Å². The molecule has 0 spiro atoms. The summed E-state index contributed by atoms with van der Waals surface area (Å²) in [5.74, 6) is 1.35. The predicted octanol–water partition coefficient (Wildman–Crippen LogP) is 3.24. The summed E-state index contributed by atoms with van der Waals surface area (Å²) in [5, 5.41) is 14.0. The van der Waals surface area contributed by atoms with Crippen LogP contribution in [0.2, 0.25) is 0 Å². The highest BCUT2D eigenvalue weighted by molar-refractivity contribution is 6.08. The van der Waals surface area contributed by atoms with Crippen LogP contribution in [0.15, 0.2) is 29.3 Å². The number of nitro benzene ring substituents is 1. The Balaban J connectivity index is 2.42. The molecule has 8 heteroatoms. The molecule has 0 saturated carbocycles. The molecular weight excluding hydrogens is 308 g/mol. The smallest absolute Gasteiger partial charge is 0.271 e. The minimum atomic E-state index is -0.440. The summed E-state index contributed by atoms with van der Waals surface area (Å²) in [4.78, 5) is 27.4. The second-order valence-electron chi connectivity index (χ2n) is 5.04. The van der Waals surface area contributed by atoms with E-state index in [0.717, 1.165) is 11.1 Å². The van der Waals surface area contributed by atoms with Gasteiger partial charge in [-0.1, -0.05) is 12.1 Å². The van der Waals surface area contributed by atoms with Gasteiger partial charge in [-0.3, -0.25) is 15.1 Å². The van der Waals surface area contributed by atoms with Gasteiger partial charge < -0.3 is 5.32 Å². The number of anilines is 2. The van der Waals surface area contributed by atoms with Crippen molar-refractivity contribution in [3.05, 3.63) is 51.6 Å². The maximum atomic E-state index is 10.9. The number of benzene rings is 1. The van der Waals surface area contributed by atoms with E-state index in [0.29, 0.717) is 23.3 Å². The summed E-state index contributed by atoms with van der Waals surface area (Å²) < 4.78 is 0. The van der Waals surface area contributed by atoms with E-state index in [-0.39, 0.29) is 5.69 Å². The van der Waals surface area contributed by atoms with E-state index in [4.69, 9.17) is 0 Å². The maximum Gasteiger partial charge on any atom is 0.271 e. The van der Waals surface area contributed by atoms with Crippen LogP contribution in [0.4, 0.5) is 17.3 Å². The first-order chi connectivity index (χ1) is 11.4. The molecule has 0 aliphatic heterocycles. The first-order valence-electron chi connectivity index (χ1n) is 7.28. The number of nitrogens with one attached hydrogen (secondary N) is 1. The fourth-order valence-corrected chi connectivity index (χ4v) is 2.05. The molecular formula is C16H18N6O2. The van der Waals surface area contributed by atoms with E-state index in [1.54, 1.807) is 26.3 Å². The molecule has 0 bridgehead atoms. The van der Waals surface area contributed by atoms with Crippen LogP contribution in [0.3, 0.4) is 0 Å². The largest absolute Gasteiger partial charge is 0.324 e. The number of hydrogen-bond acceptors (Lipinski definition) is 7. The van der Waals surface area contributed by atoms with Crippen molar-refractivity contribution in [2.24, 2.45) is 4.99 Å². The van der Waals surface area contributed by atoms with Crippen LogP contribution in [0.25, 0.3) is 5.57 Å². The van der Waals surface area contributed by atoms with Gasteiger partial charge in [0.25, 0.3) is 5.69 Å². The summed E-state index contributed by atoms with van der Waals surface area (Å²) >= 11 is 0. The Morgan fingerprint density at radius 3 is 2.67 bits per heavy atom. The molecule has 8 nitrogen and oxygen atoms in total. The van der Waals surface area contributed by atoms with Gasteiger partial charge in [0.15, 0.2) is 5.82 Å². The zero-order chi connectivity index (χ0) is 17.7. The van der Waals surface area contributed by atoms with Gasteiger partial charge in [-0.2, -0.15) is 9.97 Å². The van der Waals surface area contributed by atoms with Crippen molar-refractivity contribution in [1.82, 2.24) is 15.0 Å². The predicted molar refractivity (Wildman–Crippen MR) is 93.7 cm³/mol. The summed E-state index contributed by atoms with van der Waals surface area (Å²) in [6.07, 6.45) is 3.52. The van der Waals surface area contributed by atoms with Crippen LogP contribution >= 0.6 is 0 Å². The number of aliphatic imine (C=N–C) groups is 1. The molecule has 0 fully saturated rings. The molecule has 2 aromatic rings. The van der Waals surface area contributed by atoms with Gasteiger partial charge in [0.1, 0.15) is 5.82 Å². The van der Waals surface area contributed by atoms with E-state index in [1.807, 2.05) is 19.9 Å². The fraction of sp³-hybridized carbons (Fsp3) is 0.250. The Morgan fingerprint density at radius 2 is 2.04 bits per heavy atom. The van der Waals surface area contributed by atoms with Gasteiger partial charge in [-0.15, -0.1) is 0 Å². The number of nitro groups is 1. The lowest BCUT2D eigenvalue weighted by molar-refractivity contribution is -0.384. The monoisotopic (exact) mass is 326 g/mol. The third-order valence-corrected chi connectivity index (χ3v) is 3.26. The number of allylic oxidation sites excluding steroid dienone is 2. The first kappa shape index (κ1) is 17.2. The Kier molecular flexibility index (Phi) is 5.31. The lowest BCUT2D eigenvalue weighted by atomic mass is 10.2. The lowest BCUT2D eigenvalue weighted by Crippen LogP contribution is -2.06. The first-order valence-corrected chi connectivity index (χ1v) is 7.28. The summed E-state index contributed by atoms with van der Waals surface area (Å²) in [6.45, 7) is 5.48. The van der Waals surface area contributed by atoms with Crippen LogP contribution in [0.1, 0.15) is 24.1 Å². The van der Waals surface area contributed by atoms with Crippen molar-refractivity contribution >= 4 is 29.1 Å². The molecule has 124 valence electrons. The molecule has 0 aliphatic carbocycles. The summed E-state index contributed by atoms with van der Waals surface area (Å²) in [5.41, 5.74) is 2.19. The topological polar surface area (TPSA) is 106 Å². The van der Waals surface area contributed by atoms with Crippen molar-refractivity contribution < 1.29 is 4.92 Å². The second-order valence-corrected chi connectivity index (χ2v) is 5.04. The highest BCUT2D eigenvalue weighted by Crippen LogP contribution is 2.24. The number of aryl methyl sites for hydroxylation is 2. The molecule has 1 N–H and O–H groups in total. The van der Waals surface area contributed by atoms with Crippen molar-refractivity contribution in [1.29, 1.82) is 0 Å². The molecule has 24 heavy (non-hydrogen) atoms. The Hall–Kier alpha value is -3.16. The van der Waals surface area contributed by atoms with Gasteiger partial charge >= 0.3 is 0 Å². The molecule has 0 aliphatic rings. The highest BCUT2D eigenvalue weighted by Gasteiger charge is 2.12. The minimum Gasteiger partial charge on any atom is -0.324 e. The zero-order valence-electron chi connectivity index (χ0n) is 13.9.